The second kappa shape index (κ2) is 11.3. The lowest BCUT2D eigenvalue weighted by Gasteiger charge is -2.16. The van der Waals surface area contributed by atoms with Crippen LogP contribution in [0, 0.1) is 5.82 Å². The normalized spacial score (nSPS) is 12.1. The minimum absolute atomic E-state index is 0.325. The second-order valence-corrected chi connectivity index (χ2v) is 8.43. The smallest absolute Gasteiger partial charge is 0.330 e. The quantitative estimate of drug-likeness (QED) is 0.138. The van der Waals surface area contributed by atoms with Gasteiger partial charge in [-0.05, 0) is 65.5 Å². The molecule has 4 aromatic rings. The summed E-state index contributed by atoms with van der Waals surface area (Å²) >= 11 is 6.51. The number of hydrogen-bond donors (Lipinski definition) is 0. The maximum atomic E-state index is 13.9. The topological polar surface area (TPSA) is 48.7 Å². The van der Waals surface area contributed by atoms with Gasteiger partial charge in [0.15, 0.2) is 11.3 Å². The van der Waals surface area contributed by atoms with E-state index in [2.05, 4.69) is 0 Å². The van der Waals surface area contributed by atoms with E-state index in [1.54, 1.807) is 32.4 Å². The number of carbonyl (C=O) groups is 1. The van der Waals surface area contributed by atoms with Gasteiger partial charge in [-0.3, -0.25) is 0 Å². The van der Waals surface area contributed by atoms with E-state index in [0.717, 1.165) is 38.8 Å². The van der Waals surface area contributed by atoms with E-state index in [-0.39, 0.29) is 5.97 Å². The summed E-state index contributed by atoms with van der Waals surface area (Å²) in [6.45, 7) is 4.13. The molecule has 4 rings (SSSR count). The Morgan fingerprint density at radius 1 is 1.06 bits per heavy atom. The molecule has 0 saturated heterocycles. The van der Waals surface area contributed by atoms with Crippen molar-refractivity contribution in [2.24, 2.45) is 0 Å². The molecule has 184 valence electrons. The van der Waals surface area contributed by atoms with Crippen LogP contribution < -0.4 is 4.74 Å². The number of benzene rings is 3. The highest BCUT2D eigenvalue weighted by atomic mass is 35.5. The van der Waals surface area contributed by atoms with Gasteiger partial charge in [0.05, 0.1) is 25.0 Å². The first kappa shape index (κ1) is 25.3. The fourth-order valence-electron chi connectivity index (χ4n) is 4.23. The van der Waals surface area contributed by atoms with Gasteiger partial charge in [0.25, 0.3) is 0 Å². The van der Waals surface area contributed by atoms with Gasteiger partial charge in [0, 0.05) is 17.0 Å². The van der Waals surface area contributed by atoms with Crippen LogP contribution >= 0.6 is 11.6 Å². The van der Waals surface area contributed by atoms with Crippen LogP contribution in [0.1, 0.15) is 42.5 Å². The summed E-state index contributed by atoms with van der Waals surface area (Å²) in [5, 5.41) is 1.23. The molecule has 36 heavy (non-hydrogen) atoms. The predicted molar refractivity (Wildman–Crippen MR) is 142 cm³/mol. The van der Waals surface area contributed by atoms with E-state index in [1.807, 2.05) is 49.4 Å². The number of allylic oxidation sites excluding steroid dienone is 1. The molecule has 0 N–H and O–H groups in total. The highest BCUT2D eigenvalue weighted by Gasteiger charge is 2.20. The summed E-state index contributed by atoms with van der Waals surface area (Å²) in [7, 11) is 1.60. The molecule has 3 aromatic carbocycles. The SMILES string of the molecule is CCOC(=O)/C=C/c1ccc(/C(=C(/CC)c2ccc(F)cc2Cl)c2coc3c(OC)cccc23)cc1. The zero-order chi connectivity index (χ0) is 25.7. The molecule has 6 heteroatoms. The minimum atomic E-state index is -0.392. The lowest BCUT2D eigenvalue weighted by atomic mass is 9.87. The largest absolute Gasteiger partial charge is 0.493 e. The van der Waals surface area contributed by atoms with Gasteiger partial charge in [0.2, 0.25) is 0 Å². The number of fused-ring (bicyclic) bond motifs is 1. The molecule has 0 aliphatic heterocycles. The van der Waals surface area contributed by atoms with Crippen molar-refractivity contribution in [2.45, 2.75) is 20.3 Å². The number of methoxy groups -OCH3 is 1. The lowest BCUT2D eigenvalue weighted by molar-refractivity contribution is -0.137. The van der Waals surface area contributed by atoms with Crippen LogP contribution in [-0.2, 0) is 9.53 Å². The fourth-order valence-corrected chi connectivity index (χ4v) is 4.51. The first-order valence-electron chi connectivity index (χ1n) is 11.6. The molecule has 0 atom stereocenters. The average Bonchev–Trinajstić information content (AvgIpc) is 3.31. The number of para-hydroxylation sites is 1. The van der Waals surface area contributed by atoms with Crippen LogP contribution in [0.25, 0.3) is 28.2 Å². The van der Waals surface area contributed by atoms with Crippen LogP contribution in [-0.4, -0.2) is 19.7 Å². The fraction of sp³-hybridized carbons (Fsp3) is 0.167. The predicted octanol–water partition coefficient (Wildman–Crippen LogP) is 8.18. The Hall–Kier alpha value is -3.83. The molecule has 0 radical (unpaired) electrons. The summed E-state index contributed by atoms with van der Waals surface area (Å²) in [5.41, 5.74) is 5.89. The van der Waals surface area contributed by atoms with Gasteiger partial charge in [-0.25, -0.2) is 9.18 Å². The van der Waals surface area contributed by atoms with Crippen LogP contribution in [0.15, 0.2) is 77.4 Å². The highest BCUT2D eigenvalue weighted by molar-refractivity contribution is 6.32. The number of halogens is 2. The molecule has 0 unspecified atom stereocenters. The van der Waals surface area contributed by atoms with Crippen molar-refractivity contribution in [3.8, 4) is 5.75 Å². The van der Waals surface area contributed by atoms with Crippen molar-refractivity contribution in [3.63, 3.8) is 0 Å². The molecule has 0 fully saturated rings. The molecule has 1 aromatic heterocycles. The third-order valence-electron chi connectivity index (χ3n) is 5.86. The monoisotopic (exact) mass is 504 g/mol. The summed E-state index contributed by atoms with van der Waals surface area (Å²) in [6, 6.07) is 18.0. The molecule has 0 spiro atoms. The van der Waals surface area contributed by atoms with E-state index in [9.17, 15) is 9.18 Å². The van der Waals surface area contributed by atoms with E-state index in [0.29, 0.717) is 29.4 Å². The summed E-state index contributed by atoms with van der Waals surface area (Å²) in [6.07, 6.45) is 5.47. The van der Waals surface area contributed by atoms with Crippen LogP contribution in [0.2, 0.25) is 5.02 Å². The third-order valence-corrected chi connectivity index (χ3v) is 6.18. The Morgan fingerprint density at radius 3 is 2.50 bits per heavy atom. The standard InChI is InChI=1S/C30H26ClFO4/c1-4-22(23-15-14-21(32)17-26(23)31)29(25-18-36-30-24(25)7-6-8-27(30)34-3)20-12-9-19(10-13-20)11-16-28(33)35-5-2/h6-18H,4-5H2,1-3H3/b16-11+,29-22+. The van der Waals surface area contributed by atoms with Crippen molar-refractivity contribution >= 4 is 45.8 Å². The van der Waals surface area contributed by atoms with E-state index in [1.165, 1.54) is 18.2 Å². The maximum absolute atomic E-state index is 13.9. The van der Waals surface area contributed by atoms with Crippen molar-refractivity contribution in [1.82, 2.24) is 0 Å². The molecular weight excluding hydrogens is 479 g/mol. The number of carbonyl (C=O) groups excluding carboxylic acids is 1. The molecule has 0 amide bonds. The van der Waals surface area contributed by atoms with Gasteiger partial charge in [-0.15, -0.1) is 0 Å². The zero-order valence-corrected chi connectivity index (χ0v) is 21.1. The summed E-state index contributed by atoms with van der Waals surface area (Å²) in [4.78, 5) is 11.7. The molecule has 1 heterocycles. The number of rotatable bonds is 8. The van der Waals surface area contributed by atoms with Crippen molar-refractivity contribution < 1.29 is 23.1 Å². The van der Waals surface area contributed by atoms with Gasteiger partial charge in [-0.2, -0.15) is 0 Å². The lowest BCUT2D eigenvalue weighted by Crippen LogP contribution is -1.98. The maximum Gasteiger partial charge on any atom is 0.330 e. The number of ether oxygens (including phenoxy) is 2. The molecule has 0 bridgehead atoms. The van der Waals surface area contributed by atoms with Crippen LogP contribution in [0.4, 0.5) is 4.39 Å². The minimum Gasteiger partial charge on any atom is -0.493 e. The van der Waals surface area contributed by atoms with Crippen molar-refractivity contribution in [2.75, 3.05) is 13.7 Å². The van der Waals surface area contributed by atoms with Crippen LogP contribution in [0.3, 0.4) is 0 Å². The Labute approximate surface area is 214 Å². The van der Waals surface area contributed by atoms with Crippen LogP contribution in [0.5, 0.6) is 5.75 Å². The highest BCUT2D eigenvalue weighted by Crippen LogP contribution is 2.42. The molecule has 0 aliphatic carbocycles. The Morgan fingerprint density at radius 2 is 1.83 bits per heavy atom. The van der Waals surface area contributed by atoms with Crippen molar-refractivity contribution in [3.05, 3.63) is 106 Å². The number of furan rings is 1. The summed E-state index contributed by atoms with van der Waals surface area (Å²) < 4.78 is 30.3. The van der Waals surface area contributed by atoms with E-state index in [4.69, 9.17) is 25.5 Å². The van der Waals surface area contributed by atoms with E-state index < -0.39 is 5.82 Å². The van der Waals surface area contributed by atoms with Gasteiger partial charge >= 0.3 is 5.97 Å². The molecular formula is C30H26ClFO4. The Balaban J connectivity index is 1.91. The average molecular weight is 505 g/mol. The number of hydrogen-bond acceptors (Lipinski definition) is 4. The summed E-state index contributed by atoms with van der Waals surface area (Å²) in [5.74, 6) is -0.146. The third kappa shape index (κ3) is 5.21. The molecule has 0 aliphatic rings. The van der Waals surface area contributed by atoms with Gasteiger partial charge in [-0.1, -0.05) is 61.0 Å². The van der Waals surface area contributed by atoms with E-state index >= 15 is 0 Å². The second-order valence-electron chi connectivity index (χ2n) is 8.03. The van der Waals surface area contributed by atoms with Gasteiger partial charge < -0.3 is 13.9 Å². The number of esters is 1. The van der Waals surface area contributed by atoms with Gasteiger partial charge in [0.1, 0.15) is 5.82 Å². The first-order valence-corrected chi connectivity index (χ1v) is 12.0. The first-order chi connectivity index (χ1) is 17.5. The Kier molecular flexibility index (Phi) is 7.91. The van der Waals surface area contributed by atoms with Crippen molar-refractivity contribution in [1.29, 1.82) is 0 Å². The Bertz CT molecular complexity index is 1450. The zero-order valence-electron chi connectivity index (χ0n) is 20.3. The molecule has 4 nitrogen and oxygen atoms in total. The molecule has 0 saturated carbocycles.